The summed E-state index contributed by atoms with van der Waals surface area (Å²) in [5.41, 5.74) is -0.520. The molecule has 1 aliphatic carbocycles. The number of ether oxygens (including phenoxy) is 1. The predicted octanol–water partition coefficient (Wildman–Crippen LogP) is 2.33. The van der Waals surface area contributed by atoms with Crippen molar-refractivity contribution in [2.24, 2.45) is 5.92 Å². The van der Waals surface area contributed by atoms with Crippen LogP contribution in [0.15, 0.2) is 17.2 Å². The molecule has 1 aliphatic rings. The maximum absolute atomic E-state index is 12.9. The molecule has 1 aromatic rings. The van der Waals surface area contributed by atoms with Gasteiger partial charge in [0.1, 0.15) is 11.1 Å². The topological polar surface area (TPSA) is 89.4 Å². The second kappa shape index (κ2) is 10.4. The molecule has 7 nitrogen and oxygen atoms in total. The van der Waals surface area contributed by atoms with Crippen LogP contribution in [0, 0.1) is 5.92 Å². The minimum Gasteiger partial charge on any atom is -0.383 e. The fourth-order valence-electron chi connectivity index (χ4n) is 3.59. The third-order valence-electron chi connectivity index (χ3n) is 4.88. The van der Waals surface area contributed by atoms with Crippen LogP contribution in [0.5, 0.6) is 0 Å². The summed E-state index contributed by atoms with van der Waals surface area (Å²) in [7, 11) is 1.55. The van der Waals surface area contributed by atoms with Gasteiger partial charge in [-0.25, -0.2) is 0 Å². The summed E-state index contributed by atoms with van der Waals surface area (Å²) >= 11 is 0. The van der Waals surface area contributed by atoms with E-state index < -0.39 is 17.2 Å². The Labute approximate surface area is 166 Å². The van der Waals surface area contributed by atoms with E-state index in [1.165, 1.54) is 12.6 Å². The highest BCUT2D eigenvalue weighted by atomic mass is 16.5. The van der Waals surface area contributed by atoms with E-state index in [4.69, 9.17) is 4.74 Å². The van der Waals surface area contributed by atoms with Crippen LogP contribution in [-0.4, -0.2) is 42.2 Å². The number of aromatic nitrogens is 1. The molecule has 2 amide bonds. The van der Waals surface area contributed by atoms with Crippen LogP contribution in [0.25, 0.3) is 0 Å². The van der Waals surface area contributed by atoms with E-state index in [1.807, 2.05) is 13.8 Å². The first-order chi connectivity index (χ1) is 13.3. The molecule has 1 atom stereocenters. The average Bonchev–Trinajstić information content (AvgIpc) is 2.63. The minimum absolute atomic E-state index is 0.0140. The zero-order valence-electron chi connectivity index (χ0n) is 17.4. The maximum Gasteiger partial charge on any atom is 0.257 e. The van der Waals surface area contributed by atoms with Gasteiger partial charge in [0.2, 0.25) is 5.43 Å². The van der Waals surface area contributed by atoms with Gasteiger partial charge in [0.25, 0.3) is 11.8 Å². The normalized spacial score (nSPS) is 16.0. The molecule has 0 unspecified atom stereocenters. The molecule has 0 radical (unpaired) electrons. The summed E-state index contributed by atoms with van der Waals surface area (Å²) in [6.45, 7) is 6.83. The van der Waals surface area contributed by atoms with E-state index in [0.29, 0.717) is 19.1 Å². The maximum atomic E-state index is 12.9. The molecule has 1 saturated carbocycles. The van der Waals surface area contributed by atoms with Crippen LogP contribution in [0.2, 0.25) is 0 Å². The van der Waals surface area contributed by atoms with Crippen molar-refractivity contribution in [3.05, 3.63) is 33.7 Å². The molecular weight excluding hydrogens is 358 g/mol. The number of hydrogen-bond donors (Lipinski definition) is 2. The number of carbonyl (C=O) groups excluding carboxylic acids is 2. The molecule has 7 heteroatoms. The Morgan fingerprint density at radius 1 is 1.11 bits per heavy atom. The zero-order valence-corrected chi connectivity index (χ0v) is 17.4. The molecule has 28 heavy (non-hydrogen) atoms. The van der Waals surface area contributed by atoms with Gasteiger partial charge in [-0.3, -0.25) is 14.4 Å². The number of amides is 2. The molecule has 0 bridgehead atoms. The molecular formula is C21H33N3O4. The predicted molar refractivity (Wildman–Crippen MR) is 109 cm³/mol. The highest BCUT2D eigenvalue weighted by Gasteiger charge is 2.23. The Hall–Kier alpha value is -2.15. The van der Waals surface area contributed by atoms with E-state index in [0.717, 1.165) is 25.7 Å². The van der Waals surface area contributed by atoms with Crippen LogP contribution < -0.4 is 16.1 Å². The molecule has 0 aromatic carbocycles. The Morgan fingerprint density at radius 2 is 1.71 bits per heavy atom. The molecule has 1 fully saturated rings. The molecule has 156 valence electrons. The van der Waals surface area contributed by atoms with Gasteiger partial charge in [0, 0.05) is 38.1 Å². The third-order valence-corrected chi connectivity index (χ3v) is 4.88. The molecule has 0 aliphatic heterocycles. The first kappa shape index (κ1) is 22.1. The summed E-state index contributed by atoms with van der Waals surface area (Å²) in [5.74, 6) is -0.576. The smallest absolute Gasteiger partial charge is 0.257 e. The Bertz CT molecular complexity index is 736. The lowest BCUT2D eigenvalue weighted by atomic mass is 9.95. The summed E-state index contributed by atoms with van der Waals surface area (Å²) < 4.78 is 6.79. The van der Waals surface area contributed by atoms with Crippen molar-refractivity contribution >= 4 is 11.8 Å². The van der Waals surface area contributed by atoms with E-state index in [1.54, 1.807) is 24.8 Å². The Balaban J connectivity index is 2.31. The standard InChI is InChI=1S/C21H33N3O4/c1-14(2)10-24-11-17(20(26)22-15(3)13-28-4)19(25)18(12-24)21(27)23-16-8-6-5-7-9-16/h11-12,14-16H,5-10,13H2,1-4H3,(H,22,26)(H,23,27)/t15-/m0/s1. The van der Waals surface area contributed by atoms with Crippen molar-refractivity contribution in [1.82, 2.24) is 15.2 Å². The fraction of sp³-hybridized carbons (Fsp3) is 0.667. The number of methoxy groups -OCH3 is 1. The van der Waals surface area contributed by atoms with Gasteiger partial charge in [-0.05, 0) is 25.7 Å². The number of pyridine rings is 1. The Morgan fingerprint density at radius 3 is 2.29 bits per heavy atom. The number of nitrogens with one attached hydrogen (secondary N) is 2. The van der Waals surface area contributed by atoms with Crippen molar-refractivity contribution in [1.29, 1.82) is 0 Å². The van der Waals surface area contributed by atoms with E-state index in [9.17, 15) is 14.4 Å². The van der Waals surface area contributed by atoms with Gasteiger partial charge in [0.15, 0.2) is 0 Å². The van der Waals surface area contributed by atoms with Crippen molar-refractivity contribution in [3.8, 4) is 0 Å². The molecule has 1 aromatic heterocycles. The van der Waals surface area contributed by atoms with Crippen LogP contribution in [-0.2, 0) is 11.3 Å². The first-order valence-electron chi connectivity index (χ1n) is 10.2. The largest absolute Gasteiger partial charge is 0.383 e. The third kappa shape index (κ3) is 6.19. The van der Waals surface area contributed by atoms with Crippen LogP contribution in [0.1, 0.15) is 73.6 Å². The van der Waals surface area contributed by atoms with Crippen LogP contribution in [0.3, 0.4) is 0 Å². The number of nitrogens with zero attached hydrogens (tertiary/aromatic N) is 1. The second-order valence-electron chi connectivity index (χ2n) is 8.14. The summed E-state index contributed by atoms with van der Waals surface area (Å²) in [6.07, 6.45) is 8.32. The minimum atomic E-state index is -0.532. The van der Waals surface area contributed by atoms with E-state index >= 15 is 0 Å². The summed E-state index contributed by atoms with van der Waals surface area (Å²) in [5, 5.41) is 5.74. The van der Waals surface area contributed by atoms with Crippen molar-refractivity contribution in [2.45, 2.75) is 71.5 Å². The lowest BCUT2D eigenvalue weighted by Gasteiger charge is -2.23. The zero-order chi connectivity index (χ0) is 20.7. The van der Waals surface area contributed by atoms with Gasteiger partial charge in [-0.15, -0.1) is 0 Å². The second-order valence-corrected chi connectivity index (χ2v) is 8.14. The van der Waals surface area contributed by atoms with Crippen LogP contribution in [0.4, 0.5) is 0 Å². The number of rotatable bonds is 8. The molecule has 2 rings (SSSR count). The van der Waals surface area contributed by atoms with Gasteiger partial charge in [-0.1, -0.05) is 33.1 Å². The molecule has 2 N–H and O–H groups in total. The van der Waals surface area contributed by atoms with E-state index in [2.05, 4.69) is 10.6 Å². The monoisotopic (exact) mass is 391 g/mol. The van der Waals surface area contributed by atoms with Crippen LogP contribution >= 0.6 is 0 Å². The SMILES string of the molecule is COC[C@H](C)NC(=O)c1cn(CC(C)C)cc(C(=O)NC2CCCCC2)c1=O. The number of carbonyl (C=O) groups is 2. The highest BCUT2D eigenvalue weighted by Crippen LogP contribution is 2.17. The van der Waals surface area contributed by atoms with Crippen molar-refractivity contribution in [3.63, 3.8) is 0 Å². The molecule has 0 saturated heterocycles. The quantitative estimate of drug-likeness (QED) is 0.712. The van der Waals surface area contributed by atoms with Gasteiger partial charge in [-0.2, -0.15) is 0 Å². The molecule has 0 spiro atoms. The van der Waals surface area contributed by atoms with Gasteiger partial charge < -0.3 is 19.9 Å². The molecule has 1 heterocycles. The first-order valence-corrected chi connectivity index (χ1v) is 10.2. The average molecular weight is 392 g/mol. The summed E-state index contributed by atoms with van der Waals surface area (Å²) in [4.78, 5) is 38.3. The summed E-state index contributed by atoms with van der Waals surface area (Å²) in [6, 6.07) is -0.145. The number of hydrogen-bond acceptors (Lipinski definition) is 4. The van der Waals surface area contributed by atoms with Crippen molar-refractivity contribution in [2.75, 3.05) is 13.7 Å². The fourth-order valence-corrected chi connectivity index (χ4v) is 3.59. The lowest BCUT2D eigenvalue weighted by molar-refractivity contribution is 0.0903. The van der Waals surface area contributed by atoms with Gasteiger partial charge in [0.05, 0.1) is 6.61 Å². The Kier molecular flexibility index (Phi) is 8.23. The lowest BCUT2D eigenvalue weighted by Crippen LogP contribution is -2.42. The highest BCUT2D eigenvalue weighted by molar-refractivity contribution is 5.99. The van der Waals surface area contributed by atoms with Crippen molar-refractivity contribution < 1.29 is 14.3 Å². The van der Waals surface area contributed by atoms with E-state index in [-0.39, 0.29) is 23.2 Å². The van der Waals surface area contributed by atoms with Gasteiger partial charge >= 0.3 is 0 Å².